The second kappa shape index (κ2) is 12.3. The third-order valence-electron chi connectivity index (χ3n) is 11.1. The SMILES string of the molecule is CC1(C)c2ccccc2-c2ccc(N(c3ccc(-c4ccccc4)cc3)c3cc(-c4ccc(-c5ccccc5)cc4)c4oc5ccccc5c4c3)cc21. The third-order valence-corrected chi connectivity index (χ3v) is 11.1. The molecule has 9 aromatic rings. The molecule has 10 rings (SSSR count). The van der Waals surface area contributed by atoms with Crippen molar-refractivity contribution in [1.29, 1.82) is 0 Å². The van der Waals surface area contributed by atoms with Gasteiger partial charge in [0.2, 0.25) is 0 Å². The zero-order valence-electron chi connectivity index (χ0n) is 29.8. The first-order valence-electron chi connectivity index (χ1n) is 18.3. The monoisotopic (exact) mass is 679 g/mol. The number of anilines is 3. The van der Waals surface area contributed by atoms with Crippen molar-refractivity contribution in [1.82, 2.24) is 0 Å². The number of para-hydroxylation sites is 1. The summed E-state index contributed by atoms with van der Waals surface area (Å²) >= 11 is 0. The standard InChI is InChI=1S/C51H37NO/c1-51(2)47-19-11-9-17-42(47)43-30-29-40(33-48(43)51)52(39-27-25-37(26-28-39)35-15-7-4-8-16-35)41-31-45(50-46(32-41)44-18-10-12-20-49(44)53-50)38-23-21-36(22-24-38)34-13-5-3-6-14-34/h3-33H,1-2H3. The largest absolute Gasteiger partial charge is 0.455 e. The van der Waals surface area contributed by atoms with Gasteiger partial charge in [-0.3, -0.25) is 0 Å². The maximum atomic E-state index is 6.67. The molecular weight excluding hydrogens is 643 g/mol. The highest BCUT2D eigenvalue weighted by molar-refractivity contribution is 6.11. The summed E-state index contributed by atoms with van der Waals surface area (Å²) in [4.78, 5) is 2.41. The number of hydrogen-bond acceptors (Lipinski definition) is 2. The Morgan fingerprint density at radius 1 is 0.377 bits per heavy atom. The van der Waals surface area contributed by atoms with Gasteiger partial charge < -0.3 is 9.32 Å². The molecule has 2 nitrogen and oxygen atoms in total. The number of fused-ring (bicyclic) bond motifs is 6. The van der Waals surface area contributed by atoms with Gasteiger partial charge in [-0.2, -0.15) is 0 Å². The van der Waals surface area contributed by atoms with Crippen LogP contribution in [0.2, 0.25) is 0 Å². The highest BCUT2D eigenvalue weighted by atomic mass is 16.3. The lowest BCUT2D eigenvalue weighted by Gasteiger charge is -2.29. The minimum absolute atomic E-state index is 0.124. The van der Waals surface area contributed by atoms with Gasteiger partial charge in [0.25, 0.3) is 0 Å². The van der Waals surface area contributed by atoms with Crippen molar-refractivity contribution in [2.45, 2.75) is 19.3 Å². The van der Waals surface area contributed by atoms with E-state index in [1.165, 1.54) is 44.5 Å². The lowest BCUT2D eigenvalue weighted by Crippen LogP contribution is -2.16. The fraction of sp³-hybridized carbons (Fsp3) is 0.0588. The third kappa shape index (κ3) is 5.18. The molecule has 2 heteroatoms. The van der Waals surface area contributed by atoms with Crippen LogP contribution in [0.25, 0.3) is 66.4 Å². The van der Waals surface area contributed by atoms with Crippen LogP contribution in [0.1, 0.15) is 25.0 Å². The van der Waals surface area contributed by atoms with Gasteiger partial charge in [0.1, 0.15) is 11.2 Å². The second-order valence-corrected chi connectivity index (χ2v) is 14.6. The Bertz CT molecular complexity index is 2780. The molecule has 1 aromatic heterocycles. The van der Waals surface area contributed by atoms with E-state index in [0.29, 0.717) is 0 Å². The first-order chi connectivity index (χ1) is 26.0. The number of rotatable bonds is 6. The van der Waals surface area contributed by atoms with Gasteiger partial charge in [-0.1, -0.05) is 159 Å². The molecule has 0 spiro atoms. The molecule has 0 amide bonds. The van der Waals surface area contributed by atoms with Crippen molar-refractivity contribution >= 4 is 39.0 Å². The first kappa shape index (κ1) is 31.1. The molecule has 0 unspecified atom stereocenters. The Labute approximate surface area is 310 Å². The van der Waals surface area contributed by atoms with E-state index in [0.717, 1.165) is 50.1 Å². The highest BCUT2D eigenvalue weighted by Gasteiger charge is 2.35. The molecule has 0 N–H and O–H groups in total. The summed E-state index contributed by atoms with van der Waals surface area (Å²) in [6, 6.07) is 67.8. The van der Waals surface area contributed by atoms with Gasteiger partial charge in [0.15, 0.2) is 0 Å². The van der Waals surface area contributed by atoms with Crippen molar-refractivity contribution in [2.75, 3.05) is 4.90 Å². The maximum absolute atomic E-state index is 6.67. The van der Waals surface area contributed by atoms with E-state index in [4.69, 9.17) is 4.42 Å². The Morgan fingerprint density at radius 3 is 1.64 bits per heavy atom. The predicted molar refractivity (Wildman–Crippen MR) is 222 cm³/mol. The Balaban J connectivity index is 1.19. The van der Waals surface area contributed by atoms with Crippen LogP contribution in [0, 0.1) is 0 Å². The zero-order valence-corrected chi connectivity index (χ0v) is 29.8. The lowest BCUT2D eigenvalue weighted by atomic mass is 9.82. The Morgan fingerprint density at radius 2 is 0.925 bits per heavy atom. The molecule has 0 fully saturated rings. The van der Waals surface area contributed by atoms with Crippen LogP contribution in [0.3, 0.4) is 0 Å². The summed E-state index contributed by atoms with van der Waals surface area (Å²) in [6.07, 6.45) is 0. The van der Waals surface area contributed by atoms with Crippen LogP contribution in [-0.2, 0) is 5.41 Å². The summed E-state index contributed by atoms with van der Waals surface area (Å²) < 4.78 is 6.67. The molecular formula is C51H37NO. The normalized spacial score (nSPS) is 12.9. The number of hydrogen-bond donors (Lipinski definition) is 0. The van der Waals surface area contributed by atoms with E-state index in [1.807, 2.05) is 6.07 Å². The molecule has 0 radical (unpaired) electrons. The smallest absolute Gasteiger partial charge is 0.143 e. The number of benzene rings is 8. The summed E-state index contributed by atoms with van der Waals surface area (Å²) in [7, 11) is 0. The summed E-state index contributed by atoms with van der Waals surface area (Å²) in [5.74, 6) is 0. The maximum Gasteiger partial charge on any atom is 0.143 e. The van der Waals surface area contributed by atoms with E-state index in [1.54, 1.807) is 0 Å². The average molecular weight is 680 g/mol. The quantitative estimate of drug-likeness (QED) is 0.174. The van der Waals surface area contributed by atoms with Crippen molar-refractivity contribution in [3.8, 4) is 44.5 Å². The second-order valence-electron chi connectivity index (χ2n) is 14.6. The molecule has 1 aliphatic rings. The van der Waals surface area contributed by atoms with Crippen molar-refractivity contribution in [3.63, 3.8) is 0 Å². The lowest BCUT2D eigenvalue weighted by molar-refractivity contribution is 0.660. The molecule has 0 atom stereocenters. The van der Waals surface area contributed by atoms with Crippen molar-refractivity contribution < 1.29 is 4.42 Å². The van der Waals surface area contributed by atoms with E-state index in [-0.39, 0.29) is 5.41 Å². The summed E-state index contributed by atoms with van der Waals surface area (Å²) in [5, 5.41) is 2.21. The zero-order chi connectivity index (χ0) is 35.5. The van der Waals surface area contributed by atoms with Crippen LogP contribution < -0.4 is 4.90 Å². The fourth-order valence-electron chi connectivity index (χ4n) is 8.34. The molecule has 0 bridgehead atoms. The van der Waals surface area contributed by atoms with Gasteiger partial charge >= 0.3 is 0 Å². The van der Waals surface area contributed by atoms with Gasteiger partial charge in [-0.05, 0) is 92.5 Å². The van der Waals surface area contributed by atoms with E-state index in [9.17, 15) is 0 Å². The van der Waals surface area contributed by atoms with Crippen LogP contribution in [0.15, 0.2) is 192 Å². The van der Waals surface area contributed by atoms with Crippen molar-refractivity contribution in [2.24, 2.45) is 0 Å². The molecule has 252 valence electrons. The molecule has 1 aliphatic carbocycles. The van der Waals surface area contributed by atoms with E-state index >= 15 is 0 Å². The molecule has 0 aliphatic heterocycles. The van der Waals surface area contributed by atoms with Gasteiger partial charge in [-0.15, -0.1) is 0 Å². The molecule has 0 saturated carbocycles. The van der Waals surface area contributed by atoms with Gasteiger partial charge in [0.05, 0.1) is 0 Å². The summed E-state index contributed by atoms with van der Waals surface area (Å²) in [6.45, 7) is 4.70. The fourth-order valence-corrected chi connectivity index (χ4v) is 8.34. The molecule has 0 saturated heterocycles. The Kier molecular flexibility index (Phi) is 7.19. The van der Waals surface area contributed by atoms with E-state index in [2.05, 4.69) is 201 Å². The van der Waals surface area contributed by atoms with Crippen LogP contribution in [0.4, 0.5) is 17.1 Å². The van der Waals surface area contributed by atoms with E-state index < -0.39 is 0 Å². The number of furan rings is 1. The Hall–Kier alpha value is -6.64. The minimum Gasteiger partial charge on any atom is -0.455 e. The topological polar surface area (TPSA) is 16.4 Å². The van der Waals surface area contributed by atoms with Crippen molar-refractivity contribution in [3.05, 3.63) is 199 Å². The minimum atomic E-state index is -0.124. The average Bonchev–Trinajstić information content (AvgIpc) is 3.70. The highest BCUT2D eigenvalue weighted by Crippen LogP contribution is 2.51. The van der Waals surface area contributed by atoms with Crippen LogP contribution in [-0.4, -0.2) is 0 Å². The van der Waals surface area contributed by atoms with Gasteiger partial charge in [-0.25, -0.2) is 0 Å². The van der Waals surface area contributed by atoms with Gasteiger partial charge in [0, 0.05) is 38.8 Å². The molecule has 8 aromatic carbocycles. The van der Waals surface area contributed by atoms with Crippen LogP contribution in [0.5, 0.6) is 0 Å². The molecule has 53 heavy (non-hydrogen) atoms. The summed E-state index contributed by atoms with van der Waals surface area (Å²) in [5.41, 5.74) is 17.3. The number of nitrogens with zero attached hydrogens (tertiary/aromatic N) is 1. The molecule has 1 heterocycles. The first-order valence-corrected chi connectivity index (χ1v) is 18.3. The predicted octanol–water partition coefficient (Wildman–Crippen LogP) is 14.4. The van der Waals surface area contributed by atoms with Crippen LogP contribution >= 0.6 is 0 Å².